The predicted molar refractivity (Wildman–Crippen MR) is 113 cm³/mol. The number of methoxy groups -OCH3 is 3. The first-order chi connectivity index (χ1) is 14.2. The minimum Gasteiger partial charge on any atom is -0.496 e. The molecule has 6 heteroatoms. The summed E-state index contributed by atoms with van der Waals surface area (Å²) in [6, 6.07) is 12.0. The Bertz CT molecular complexity index is 838. The van der Waals surface area contributed by atoms with Crippen LogP contribution in [0.4, 0.5) is 0 Å². The largest absolute Gasteiger partial charge is 0.496 e. The van der Waals surface area contributed by atoms with Gasteiger partial charge in [-0.2, -0.15) is 0 Å². The number of nitrogens with zero attached hydrogens (tertiary/aromatic N) is 1. The average Bonchev–Trinajstić information content (AvgIpc) is 2.77. The van der Waals surface area contributed by atoms with Gasteiger partial charge in [-0.3, -0.25) is 4.79 Å². The molecule has 1 heterocycles. The van der Waals surface area contributed by atoms with Crippen molar-refractivity contribution in [2.75, 3.05) is 41.0 Å². The van der Waals surface area contributed by atoms with Crippen LogP contribution in [0.3, 0.4) is 0 Å². The van der Waals surface area contributed by atoms with Gasteiger partial charge in [-0.1, -0.05) is 18.2 Å². The number of hydrogen-bond donors (Lipinski definition) is 1. The lowest BCUT2D eigenvalue weighted by molar-refractivity contribution is -0.132. The van der Waals surface area contributed by atoms with E-state index in [4.69, 9.17) is 14.2 Å². The molecule has 156 valence electrons. The molecule has 0 saturated carbocycles. The van der Waals surface area contributed by atoms with Gasteiger partial charge in [0.05, 0.1) is 21.3 Å². The summed E-state index contributed by atoms with van der Waals surface area (Å²) in [5.41, 5.74) is 3.53. The monoisotopic (exact) mass is 398 g/mol. The zero-order valence-electron chi connectivity index (χ0n) is 17.5. The van der Waals surface area contributed by atoms with E-state index in [9.17, 15) is 4.79 Å². The molecule has 29 heavy (non-hydrogen) atoms. The molecule has 1 amide bonds. The van der Waals surface area contributed by atoms with Crippen LogP contribution >= 0.6 is 0 Å². The molecule has 1 aliphatic heterocycles. The molecule has 1 N–H and O–H groups in total. The van der Waals surface area contributed by atoms with Gasteiger partial charge in [0, 0.05) is 26.1 Å². The zero-order chi connectivity index (χ0) is 20.6. The van der Waals surface area contributed by atoms with Crippen molar-refractivity contribution in [1.82, 2.24) is 10.2 Å². The maximum absolute atomic E-state index is 12.6. The highest BCUT2D eigenvalue weighted by atomic mass is 16.5. The van der Waals surface area contributed by atoms with Gasteiger partial charge in [0.15, 0.2) is 11.5 Å². The summed E-state index contributed by atoms with van der Waals surface area (Å²) in [5.74, 6) is 2.53. The number of hydrogen-bond acceptors (Lipinski definition) is 5. The van der Waals surface area contributed by atoms with Crippen LogP contribution in [-0.4, -0.2) is 51.8 Å². The number of fused-ring (bicyclic) bond motifs is 1. The molecule has 3 rings (SSSR count). The summed E-state index contributed by atoms with van der Waals surface area (Å²) in [5, 5.41) is 3.37. The number of rotatable bonds is 9. The second kappa shape index (κ2) is 10.2. The van der Waals surface area contributed by atoms with Gasteiger partial charge in [0.2, 0.25) is 5.91 Å². The van der Waals surface area contributed by atoms with Crippen molar-refractivity contribution >= 4 is 5.91 Å². The van der Waals surface area contributed by atoms with Crippen molar-refractivity contribution in [3.05, 3.63) is 53.1 Å². The van der Waals surface area contributed by atoms with E-state index < -0.39 is 0 Å². The van der Waals surface area contributed by atoms with Gasteiger partial charge < -0.3 is 24.4 Å². The van der Waals surface area contributed by atoms with Crippen molar-refractivity contribution in [1.29, 1.82) is 0 Å². The highest BCUT2D eigenvalue weighted by molar-refractivity contribution is 5.76. The number of benzene rings is 2. The highest BCUT2D eigenvalue weighted by Crippen LogP contribution is 2.33. The van der Waals surface area contributed by atoms with Crippen LogP contribution in [-0.2, 0) is 24.2 Å². The van der Waals surface area contributed by atoms with Crippen LogP contribution in [0.5, 0.6) is 17.2 Å². The predicted octanol–water partition coefficient (Wildman–Crippen LogP) is 2.82. The summed E-state index contributed by atoms with van der Waals surface area (Å²) < 4.78 is 16.1. The molecule has 0 fully saturated rings. The van der Waals surface area contributed by atoms with E-state index in [0.29, 0.717) is 25.3 Å². The molecule has 0 aromatic heterocycles. The molecule has 1 aliphatic rings. The quantitative estimate of drug-likeness (QED) is 0.658. The fourth-order valence-corrected chi connectivity index (χ4v) is 3.71. The number of ether oxygens (including phenoxy) is 3. The Kier molecular flexibility index (Phi) is 7.36. The summed E-state index contributed by atoms with van der Waals surface area (Å²) >= 11 is 0. The molecular weight excluding hydrogens is 368 g/mol. The number of carbonyl (C=O) groups excluding carboxylic acids is 1. The van der Waals surface area contributed by atoms with Gasteiger partial charge in [0.25, 0.3) is 0 Å². The molecule has 0 spiro atoms. The standard InChI is InChI=1S/C23H30N2O4/c1-27-20-7-5-4-6-17(20)8-11-24-12-9-23(26)25-13-10-18-14-21(28-2)22(29-3)15-19(18)16-25/h4-7,14-15,24H,8-13,16H2,1-3H3. The average molecular weight is 399 g/mol. The molecule has 0 atom stereocenters. The van der Waals surface area contributed by atoms with E-state index in [1.807, 2.05) is 35.2 Å². The lowest BCUT2D eigenvalue weighted by Crippen LogP contribution is -2.37. The Labute approximate surface area is 172 Å². The first kappa shape index (κ1) is 21.0. The van der Waals surface area contributed by atoms with Crippen LogP contribution < -0.4 is 19.5 Å². The van der Waals surface area contributed by atoms with E-state index in [1.54, 1.807) is 21.3 Å². The Balaban J connectivity index is 1.46. The van der Waals surface area contributed by atoms with Crippen molar-refractivity contribution in [3.8, 4) is 17.2 Å². The van der Waals surface area contributed by atoms with Crippen LogP contribution in [0.1, 0.15) is 23.1 Å². The maximum atomic E-state index is 12.6. The summed E-state index contributed by atoms with van der Waals surface area (Å²) in [6.07, 6.45) is 2.20. The molecule has 0 radical (unpaired) electrons. The first-order valence-electron chi connectivity index (χ1n) is 10.0. The van der Waals surface area contributed by atoms with Crippen molar-refractivity contribution in [2.24, 2.45) is 0 Å². The number of nitrogens with one attached hydrogen (secondary N) is 1. The fraction of sp³-hybridized carbons (Fsp3) is 0.435. The molecule has 0 bridgehead atoms. The topological polar surface area (TPSA) is 60.0 Å². The summed E-state index contributed by atoms with van der Waals surface area (Å²) in [4.78, 5) is 14.6. The van der Waals surface area contributed by atoms with Gasteiger partial charge in [-0.05, 0) is 54.3 Å². The van der Waals surface area contributed by atoms with E-state index >= 15 is 0 Å². The van der Waals surface area contributed by atoms with E-state index in [-0.39, 0.29) is 5.91 Å². The van der Waals surface area contributed by atoms with Crippen LogP contribution in [0.2, 0.25) is 0 Å². The van der Waals surface area contributed by atoms with Gasteiger partial charge in [-0.25, -0.2) is 0 Å². The zero-order valence-corrected chi connectivity index (χ0v) is 17.5. The number of para-hydroxylation sites is 1. The molecule has 0 saturated heterocycles. The molecule has 6 nitrogen and oxygen atoms in total. The Morgan fingerprint density at radius 3 is 2.38 bits per heavy atom. The van der Waals surface area contributed by atoms with Crippen molar-refractivity contribution in [3.63, 3.8) is 0 Å². The summed E-state index contributed by atoms with van der Waals surface area (Å²) in [7, 11) is 4.96. The molecule has 0 aliphatic carbocycles. The van der Waals surface area contributed by atoms with Crippen LogP contribution in [0.15, 0.2) is 36.4 Å². The normalized spacial score (nSPS) is 13.0. The summed E-state index contributed by atoms with van der Waals surface area (Å²) in [6.45, 7) is 2.84. The highest BCUT2D eigenvalue weighted by Gasteiger charge is 2.22. The Morgan fingerprint density at radius 2 is 1.66 bits per heavy atom. The van der Waals surface area contributed by atoms with Crippen molar-refractivity contribution < 1.29 is 19.0 Å². The number of amides is 1. The molecule has 2 aromatic carbocycles. The Hall–Kier alpha value is -2.73. The first-order valence-corrected chi connectivity index (χ1v) is 10.0. The third kappa shape index (κ3) is 5.21. The second-order valence-electron chi connectivity index (χ2n) is 7.10. The lowest BCUT2D eigenvalue weighted by atomic mass is 9.98. The third-order valence-electron chi connectivity index (χ3n) is 5.35. The third-order valence-corrected chi connectivity index (χ3v) is 5.35. The molecular formula is C23H30N2O4. The van der Waals surface area contributed by atoms with E-state index in [2.05, 4.69) is 11.4 Å². The lowest BCUT2D eigenvalue weighted by Gasteiger charge is -2.29. The minimum atomic E-state index is 0.176. The van der Waals surface area contributed by atoms with Crippen molar-refractivity contribution in [2.45, 2.75) is 25.8 Å². The smallest absolute Gasteiger partial charge is 0.224 e. The van der Waals surface area contributed by atoms with Gasteiger partial charge in [-0.15, -0.1) is 0 Å². The van der Waals surface area contributed by atoms with E-state index in [0.717, 1.165) is 43.0 Å². The molecule has 0 unspecified atom stereocenters. The second-order valence-corrected chi connectivity index (χ2v) is 7.10. The van der Waals surface area contributed by atoms with E-state index in [1.165, 1.54) is 11.1 Å². The number of carbonyl (C=O) groups is 1. The maximum Gasteiger partial charge on any atom is 0.224 e. The minimum absolute atomic E-state index is 0.176. The fourth-order valence-electron chi connectivity index (χ4n) is 3.71. The van der Waals surface area contributed by atoms with Crippen LogP contribution in [0, 0.1) is 0 Å². The van der Waals surface area contributed by atoms with Gasteiger partial charge in [0.1, 0.15) is 5.75 Å². The SMILES string of the molecule is COc1ccccc1CCNCCC(=O)N1CCc2cc(OC)c(OC)cc2C1. The molecule has 2 aromatic rings. The van der Waals surface area contributed by atoms with Crippen LogP contribution in [0.25, 0.3) is 0 Å². The Morgan fingerprint density at radius 1 is 0.966 bits per heavy atom. The van der Waals surface area contributed by atoms with Gasteiger partial charge >= 0.3 is 0 Å².